The van der Waals surface area contributed by atoms with Crippen LogP contribution in [-0.2, 0) is 11.2 Å². The molecule has 0 aromatic heterocycles. The summed E-state index contributed by atoms with van der Waals surface area (Å²) in [6, 6.07) is 8.32. The van der Waals surface area contributed by atoms with Crippen LogP contribution in [0.15, 0.2) is 24.3 Å². The lowest BCUT2D eigenvalue weighted by Crippen LogP contribution is -2.47. The Bertz CT molecular complexity index is 427. The lowest BCUT2D eigenvalue weighted by molar-refractivity contribution is -0.123. The zero-order chi connectivity index (χ0) is 13.3. The molecule has 0 aliphatic heterocycles. The molecule has 1 aliphatic carbocycles. The fourth-order valence-corrected chi connectivity index (χ4v) is 2.31. The Morgan fingerprint density at radius 1 is 1.33 bits per heavy atom. The molecule has 1 fully saturated rings. The van der Waals surface area contributed by atoms with E-state index in [2.05, 4.69) is 38.1 Å². The highest BCUT2D eigenvalue weighted by Crippen LogP contribution is 2.38. The first-order chi connectivity index (χ1) is 8.41. The van der Waals surface area contributed by atoms with Crippen molar-refractivity contribution in [2.45, 2.75) is 51.5 Å². The van der Waals surface area contributed by atoms with Crippen LogP contribution in [0.25, 0.3) is 0 Å². The Morgan fingerprint density at radius 3 is 2.33 bits per heavy atom. The molecule has 1 saturated carbocycles. The highest BCUT2D eigenvalue weighted by Gasteiger charge is 2.43. The maximum Gasteiger partial charge on any atom is 0.156 e. The summed E-state index contributed by atoms with van der Waals surface area (Å²) in [5.41, 5.74) is 7.89. The van der Waals surface area contributed by atoms with Crippen molar-refractivity contribution in [1.29, 1.82) is 0 Å². The topological polar surface area (TPSA) is 43.1 Å². The van der Waals surface area contributed by atoms with Crippen LogP contribution < -0.4 is 5.73 Å². The van der Waals surface area contributed by atoms with Crippen LogP contribution in [0.5, 0.6) is 0 Å². The molecular weight excluding hydrogens is 222 g/mol. The number of hydrogen-bond donors (Lipinski definition) is 1. The van der Waals surface area contributed by atoms with E-state index in [1.54, 1.807) is 0 Å². The summed E-state index contributed by atoms with van der Waals surface area (Å²) in [5.74, 6) is 1.10. The minimum absolute atomic E-state index is 0.169. The third-order valence-corrected chi connectivity index (χ3v) is 4.04. The molecule has 98 valence electrons. The van der Waals surface area contributed by atoms with Gasteiger partial charge in [-0.2, -0.15) is 0 Å². The average molecular weight is 245 g/mol. The number of nitrogens with two attached hydrogens (primary N) is 1. The van der Waals surface area contributed by atoms with Crippen LogP contribution in [0, 0.1) is 5.92 Å². The third kappa shape index (κ3) is 2.81. The number of ketones is 1. The highest BCUT2D eigenvalue weighted by molar-refractivity contribution is 5.90. The van der Waals surface area contributed by atoms with Gasteiger partial charge >= 0.3 is 0 Å². The molecule has 2 rings (SSSR count). The summed E-state index contributed by atoms with van der Waals surface area (Å²) in [6.07, 6.45) is 2.66. The van der Waals surface area contributed by atoms with E-state index in [0.29, 0.717) is 18.3 Å². The predicted molar refractivity (Wildman–Crippen MR) is 74.6 cm³/mol. The lowest BCUT2D eigenvalue weighted by atomic mass is 9.88. The number of benzene rings is 1. The van der Waals surface area contributed by atoms with Gasteiger partial charge in [-0.1, -0.05) is 38.1 Å². The number of carbonyl (C=O) groups excluding carboxylic acids is 1. The van der Waals surface area contributed by atoms with E-state index in [9.17, 15) is 4.79 Å². The van der Waals surface area contributed by atoms with Gasteiger partial charge in [-0.25, -0.2) is 0 Å². The molecule has 0 heterocycles. The van der Waals surface area contributed by atoms with Gasteiger partial charge in [0.2, 0.25) is 0 Å². The summed E-state index contributed by atoms with van der Waals surface area (Å²) >= 11 is 0. The van der Waals surface area contributed by atoms with E-state index >= 15 is 0 Å². The van der Waals surface area contributed by atoms with Crippen molar-refractivity contribution >= 4 is 5.78 Å². The van der Waals surface area contributed by atoms with Crippen LogP contribution in [0.3, 0.4) is 0 Å². The van der Waals surface area contributed by atoms with E-state index in [-0.39, 0.29) is 5.78 Å². The molecule has 1 aromatic carbocycles. The first kappa shape index (κ1) is 13.3. The van der Waals surface area contributed by atoms with Crippen molar-refractivity contribution in [3.63, 3.8) is 0 Å². The molecule has 0 spiro atoms. The molecule has 1 unspecified atom stereocenters. The third-order valence-electron chi connectivity index (χ3n) is 4.04. The van der Waals surface area contributed by atoms with Gasteiger partial charge < -0.3 is 5.73 Å². The molecule has 0 amide bonds. The Kier molecular flexibility index (Phi) is 3.58. The van der Waals surface area contributed by atoms with Crippen LogP contribution in [0.1, 0.15) is 50.7 Å². The summed E-state index contributed by atoms with van der Waals surface area (Å²) in [5, 5.41) is 0. The van der Waals surface area contributed by atoms with E-state index in [4.69, 9.17) is 5.73 Å². The maximum absolute atomic E-state index is 12.2. The number of carbonyl (C=O) groups is 1. The first-order valence-corrected chi connectivity index (χ1v) is 6.82. The van der Waals surface area contributed by atoms with Crippen LogP contribution >= 0.6 is 0 Å². The van der Waals surface area contributed by atoms with E-state index < -0.39 is 5.54 Å². The average Bonchev–Trinajstić information content (AvgIpc) is 3.13. The molecular formula is C16H23NO. The van der Waals surface area contributed by atoms with Crippen molar-refractivity contribution in [2.24, 2.45) is 11.7 Å². The van der Waals surface area contributed by atoms with Gasteiger partial charge in [0.15, 0.2) is 5.78 Å². The molecule has 0 bridgehead atoms. The molecule has 1 aromatic rings. The number of Topliss-reactive ketones (excluding diaryl/α,β-unsaturated/α-hetero) is 1. The SMILES string of the molecule is CC(C)c1ccc(CC(=O)C(C)(N)C2CC2)cc1. The number of hydrogen-bond acceptors (Lipinski definition) is 2. The molecule has 0 radical (unpaired) electrons. The molecule has 18 heavy (non-hydrogen) atoms. The second kappa shape index (κ2) is 4.85. The van der Waals surface area contributed by atoms with Gasteiger partial charge in [-0.3, -0.25) is 4.79 Å². The van der Waals surface area contributed by atoms with Gasteiger partial charge in [0.1, 0.15) is 0 Å². The van der Waals surface area contributed by atoms with E-state index in [1.165, 1.54) is 5.56 Å². The van der Waals surface area contributed by atoms with Crippen LogP contribution in [0.4, 0.5) is 0 Å². The minimum Gasteiger partial charge on any atom is -0.319 e. The van der Waals surface area contributed by atoms with Gasteiger partial charge in [0.25, 0.3) is 0 Å². The van der Waals surface area contributed by atoms with Gasteiger partial charge in [-0.05, 0) is 42.7 Å². The van der Waals surface area contributed by atoms with Crippen molar-refractivity contribution in [1.82, 2.24) is 0 Å². The fourth-order valence-electron chi connectivity index (χ4n) is 2.31. The van der Waals surface area contributed by atoms with Crippen molar-refractivity contribution in [2.75, 3.05) is 0 Å². The monoisotopic (exact) mass is 245 g/mol. The Balaban J connectivity index is 2.03. The van der Waals surface area contributed by atoms with E-state index in [0.717, 1.165) is 18.4 Å². The molecule has 1 atom stereocenters. The molecule has 1 aliphatic rings. The van der Waals surface area contributed by atoms with Crippen LogP contribution in [-0.4, -0.2) is 11.3 Å². The molecule has 2 heteroatoms. The summed E-state index contributed by atoms with van der Waals surface area (Å²) in [6.45, 7) is 6.23. The van der Waals surface area contributed by atoms with E-state index in [1.807, 2.05) is 6.92 Å². The van der Waals surface area contributed by atoms with Crippen LogP contribution in [0.2, 0.25) is 0 Å². The molecule has 0 saturated heterocycles. The van der Waals surface area contributed by atoms with Gasteiger partial charge in [-0.15, -0.1) is 0 Å². The molecule has 2 N–H and O–H groups in total. The fraction of sp³-hybridized carbons (Fsp3) is 0.562. The molecule has 2 nitrogen and oxygen atoms in total. The quantitative estimate of drug-likeness (QED) is 0.866. The van der Waals surface area contributed by atoms with Crippen molar-refractivity contribution < 1.29 is 4.79 Å². The minimum atomic E-state index is -0.628. The second-order valence-electron chi connectivity index (χ2n) is 6.05. The maximum atomic E-state index is 12.2. The van der Waals surface area contributed by atoms with Crippen molar-refractivity contribution in [3.8, 4) is 0 Å². The lowest BCUT2D eigenvalue weighted by Gasteiger charge is -2.22. The summed E-state index contributed by atoms with van der Waals surface area (Å²) in [4.78, 5) is 12.2. The standard InChI is InChI=1S/C16H23NO/c1-11(2)13-6-4-12(5-7-13)10-15(18)16(3,17)14-8-9-14/h4-7,11,14H,8-10,17H2,1-3H3. The van der Waals surface area contributed by atoms with Gasteiger partial charge in [0.05, 0.1) is 5.54 Å². The normalized spacial score (nSPS) is 18.7. The second-order valence-corrected chi connectivity index (χ2v) is 6.05. The zero-order valence-electron chi connectivity index (χ0n) is 11.6. The Morgan fingerprint density at radius 2 is 1.89 bits per heavy atom. The largest absolute Gasteiger partial charge is 0.319 e. The summed E-state index contributed by atoms with van der Waals surface area (Å²) in [7, 11) is 0. The van der Waals surface area contributed by atoms with Gasteiger partial charge in [0, 0.05) is 6.42 Å². The first-order valence-electron chi connectivity index (χ1n) is 6.82. The summed E-state index contributed by atoms with van der Waals surface area (Å²) < 4.78 is 0. The predicted octanol–water partition coefficient (Wildman–Crippen LogP) is 3.05. The smallest absolute Gasteiger partial charge is 0.156 e. The Hall–Kier alpha value is -1.15. The Labute approximate surface area is 110 Å². The van der Waals surface area contributed by atoms with Crippen molar-refractivity contribution in [3.05, 3.63) is 35.4 Å². The zero-order valence-corrected chi connectivity index (χ0v) is 11.6. The highest BCUT2D eigenvalue weighted by atomic mass is 16.1. The number of rotatable bonds is 5.